The molecule has 0 aromatic rings. The Kier molecular flexibility index (Phi) is 4.45. The van der Waals surface area contributed by atoms with Gasteiger partial charge in [0.1, 0.15) is 0 Å². The monoisotopic (exact) mass is 210 g/mol. The van der Waals surface area contributed by atoms with E-state index in [0.29, 0.717) is 0 Å². The molecule has 0 atom stereocenters. The molecule has 0 bridgehead atoms. The van der Waals surface area contributed by atoms with Gasteiger partial charge in [-0.05, 0) is 63.5 Å². The molecule has 0 unspecified atom stereocenters. The van der Waals surface area contributed by atoms with Gasteiger partial charge in [-0.3, -0.25) is 0 Å². The van der Waals surface area contributed by atoms with E-state index in [2.05, 4.69) is 5.32 Å². The molecule has 2 aliphatic carbocycles. The van der Waals surface area contributed by atoms with E-state index >= 15 is 0 Å². The summed E-state index contributed by atoms with van der Waals surface area (Å²) in [5.41, 5.74) is 5.71. The topological polar surface area (TPSA) is 38.0 Å². The first kappa shape index (κ1) is 11.4. The van der Waals surface area contributed by atoms with Crippen molar-refractivity contribution in [2.45, 2.75) is 57.4 Å². The van der Waals surface area contributed by atoms with Gasteiger partial charge in [-0.1, -0.05) is 12.8 Å². The molecule has 0 aromatic heterocycles. The quantitative estimate of drug-likeness (QED) is 0.747. The van der Waals surface area contributed by atoms with Gasteiger partial charge in [0.05, 0.1) is 0 Å². The lowest BCUT2D eigenvalue weighted by Gasteiger charge is -2.28. The molecule has 88 valence electrons. The number of rotatable bonds is 4. The molecule has 0 aromatic carbocycles. The van der Waals surface area contributed by atoms with Crippen molar-refractivity contribution in [2.75, 3.05) is 13.1 Å². The van der Waals surface area contributed by atoms with Gasteiger partial charge in [0.15, 0.2) is 0 Å². The first-order valence-corrected chi connectivity index (χ1v) is 6.82. The van der Waals surface area contributed by atoms with Crippen LogP contribution in [0.2, 0.25) is 0 Å². The van der Waals surface area contributed by atoms with Crippen LogP contribution in [-0.2, 0) is 0 Å². The van der Waals surface area contributed by atoms with Gasteiger partial charge in [0.2, 0.25) is 0 Å². The van der Waals surface area contributed by atoms with Crippen molar-refractivity contribution in [2.24, 2.45) is 17.6 Å². The van der Waals surface area contributed by atoms with Crippen LogP contribution >= 0.6 is 0 Å². The van der Waals surface area contributed by atoms with Crippen molar-refractivity contribution >= 4 is 0 Å². The molecule has 0 saturated heterocycles. The second-order valence-electron chi connectivity index (χ2n) is 5.51. The van der Waals surface area contributed by atoms with Crippen molar-refractivity contribution in [3.05, 3.63) is 0 Å². The SMILES string of the molecule is NCC1CCC(CNC2CCCC2)CC1. The smallest absolute Gasteiger partial charge is 0.00671 e. The summed E-state index contributed by atoms with van der Waals surface area (Å²) in [6.07, 6.45) is 11.3. The highest BCUT2D eigenvalue weighted by Crippen LogP contribution is 2.28. The van der Waals surface area contributed by atoms with Gasteiger partial charge in [-0.25, -0.2) is 0 Å². The van der Waals surface area contributed by atoms with Crippen LogP contribution in [0.5, 0.6) is 0 Å². The Morgan fingerprint density at radius 2 is 1.47 bits per heavy atom. The largest absolute Gasteiger partial charge is 0.330 e. The molecule has 15 heavy (non-hydrogen) atoms. The summed E-state index contributed by atoms with van der Waals surface area (Å²) in [6.45, 7) is 2.17. The van der Waals surface area contributed by atoms with Crippen LogP contribution < -0.4 is 11.1 Å². The molecule has 2 heteroatoms. The van der Waals surface area contributed by atoms with Crippen LogP contribution in [0.1, 0.15) is 51.4 Å². The van der Waals surface area contributed by atoms with E-state index in [-0.39, 0.29) is 0 Å². The maximum Gasteiger partial charge on any atom is 0.00671 e. The highest BCUT2D eigenvalue weighted by molar-refractivity contribution is 4.78. The van der Waals surface area contributed by atoms with Crippen molar-refractivity contribution < 1.29 is 0 Å². The Labute approximate surface area is 94.0 Å². The van der Waals surface area contributed by atoms with E-state index in [1.807, 2.05) is 0 Å². The molecule has 2 saturated carbocycles. The van der Waals surface area contributed by atoms with Gasteiger partial charge in [-0.2, -0.15) is 0 Å². The van der Waals surface area contributed by atoms with Gasteiger partial charge < -0.3 is 11.1 Å². The third-order valence-corrected chi connectivity index (χ3v) is 4.35. The number of hydrogen-bond acceptors (Lipinski definition) is 2. The predicted octanol–water partition coefficient (Wildman–Crippen LogP) is 2.28. The lowest BCUT2D eigenvalue weighted by Crippen LogP contribution is -2.33. The lowest BCUT2D eigenvalue weighted by atomic mass is 9.82. The summed E-state index contributed by atoms with van der Waals surface area (Å²) in [4.78, 5) is 0. The van der Waals surface area contributed by atoms with E-state index in [4.69, 9.17) is 5.73 Å². The number of hydrogen-bond donors (Lipinski definition) is 2. The Morgan fingerprint density at radius 1 is 0.867 bits per heavy atom. The van der Waals surface area contributed by atoms with Crippen molar-refractivity contribution in [3.8, 4) is 0 Å². The van der Waals surface area contributed by atoms with E-state index in [0.717, 1.165) is 24.4 Å². The second-order valence-corrected chi connectivity index (χ2v) is 5.51. The van der Waals surface area contributed by atoms with Gasteiger partial charge >= 0.3 is 0 Å². The Balaban J connectivity index is 1.59. The van der Waals surface area contributed by atoms with Crippen LogP contribution in [-0.4, -0.2) is 19.1 Å². The van der Waals surface area contributed by atoms with E-state index in [9.17, 15) is 0 Å². The second kappa shape index (κ2) is 5.86. The van der Waals surface area contributed by atoms with E-state index in [1.165, 1.54) is 57.9 Å². The third kappa shape index (κ3) is 3.46. The highest BCUT2D eigenvalue weighted by atomic mass is 14.9. The fourth-order valence-corrected chi connectivity index (χ4v) is 3.13. The van der Waals surface area contributed by atoms with E-state index in [1.54, 1.807) is 0 Å². The summed E-state index contributed by atoms with van der Waals surface area (Å²) in [6, 6.07) is 0.845. The zero-order valence-corrected chi connectivity index (χ0v) is 9.88. The fraction of sp³-hybridized carbons (Fsp3) is 1.00. The zero-order valence-electron chi connectivity index (χ0n) is 9.88. The van der Waals surface area contributed by atoms with Crippen LogP contribution in [0.4, 0.5) is 0 Å². The molecule has 0 aliphatic heterocycles. The van der Waals surface area contributed by atoms with Crippen molar-refractivity contribution in [3.63, 3.8) is 0 Å². The summed E-state index contributed by atoms with van der Waals surface area (Å²) in [7, 11) is 0. The Bertz CT molecular complexity index is 167. The molecule has 0 heterocycles. The highest BCUT2D eigenvalue weighted by Gasteiger charge is 2.21. The molecule has 2 aliphatic rings. The maximum atomic E-state index is 5.71. The fourth-order valence-electron chi connectivity index (χ4n) is 3.13. The Hall–Kier alpha value is -0.0800. The molecule has 2 fully saturated rings. The standard InChI is InChI=1S/C13H26N2/c14-9-11-5-7-12(8-6-11)10-15-13-3-1-2-4-13/h11-13,15H,1-10,14H2. The van der Waals surface area contributed by atoms with Crippen LogP contribution in [0.3, 0.4) is 0 Å². The van der Waals surface area contributed by atoms with Crippen LogP contribution in [0.15, 0.2) is 0 Å². The first-order valence-electron chi connectivity index (χ1n) is 6.82. The molecule has 0 amide bonds. The summed E-state index contributed by atoms with van der Waals surface area (Å²) in [5, 5.41) is 3.75. The summed E-state index contributed by atoms with van der Waals surface area (Å²) < 4.78 is 0. The van der Waals surface area contributed by atoms with Gasteiger partial charge in [0, 0.05) is 6.04 Å². The molecule has 0 spiro atoms. The van der Waals surface area contributed by atoms with Crippen molar-refractivity contribution in [1.82, 2.24) is 5.32 Å². The van der Waals surface area contributed by atoms with Gasteiger partial charge in [0.25, 0.3) is 0 Å². The number of nitrogens with two attached hydrogens (primary N) is 1. The molecule has 2 nitrogen and oxygen atoms in total. The maximum absolute atomic E-state index is 5.71. The van der Waals surface area contributed by atoms with Crippen LogP contribution in [0.25, 0.3) is 0 Å². The molecule has 0 radical (unpaired) electrons. The van der Waals surface area contributed by atoms with Gasteiger partial charge in [-0.15, -0.1) is 0 Å². The number of nitrogens with one attached hydrogen (secondary N) is 1. The first-order chi connectivity index (χ1) is 7.38. The van der Waals surface area contributed by atoms with Crippen molar-refractivity contribution in [1.29, 1.82) is 0 Å². The molecule has 3 N–H and O–H groups in total. The molecular weight excluding hydrogens is 184 g/mol. The average Bonchev–Trinajstić information content (AvgIpc) is 2.80. The summed E-state index contributed by atoms with van der Waals surface area (Å²) >= 11 is 0. The summed E-state index contributed by atoms with van der Waals surface area (Å²) in [5.74, 6) is 1.76. The normalized spacial score (nSPS) is 33.4. The minimum atomic E-state index is 0.827. The van der Waals surface area contributed by atoms with Crippen LogP contribution in [0, 0.1) is 11.8 Å². The zero-order chi connectivity index (χ0) is 10.5. The predicted molar refractivity (Wildman–Crippen MR) is 64.8 cm³/mol. The van der Waals surface area contributed by atoms with E-state index < -0.39 is 0 Å². The minimum Gasteiger partial charge on any atom is -0.330 e. The average molecular weight is 210 g/mol. The lowest BCUT2D eigenvalue weighted by molar-refractivity contribution is 0.265. The third-order valence-electron chi connectivity index (χ3n) is 4.35. The minimum absolute atomic E-state index is 0.827. The molecular formula is C13H26N2. The Morgan fingerprint density at radius 3 is 2.07 bits per heavy atom. The molecule has 2 rings (SSSR count).